The van der Waals surface area contributed by atoms with Gasteiger partial charge in [-0.2, -0.15) is 15.0 Å². The van der Waals surface area contributed by atoms with Crippen molar-refractivity contribution in [2.75, 3.05) is 0 Å². The lowest BCUT2D eigenvalue weighted by atomic mass is 10.0. The van der Waals surface area contributed by atoms with Crippen LogP contribution < -0.4 is 0 Å². The molecule has 0 atom stereocenters. The Hall–Kier alpha value is -8.19. The topological polar surface area (TPSA) is 48.5 Å². The summed E-state index contributed by atoms with van der Waals surface area (Å²) < 4.78 is 258. The van der Waals surface area contributed by atoms with Gasteiger partial charge in [0.05, 0.1) is 60.4 Å². The number of fused-ring (bicyclic) bond motifs is 9. The first-order valence-electron chi connectivity index (χ1n) is 32.9. The number of nitrogens with zero attached hydrogens (tertiary/aromatic N) is 5. The molecule has 6 heteroatoms. The molecule has 0 bridgehead atoms. The van der Waals surface area contributed by atoms with Crippen LogP contribution in [0, 0.1) is 0 Å². The first-order valence-corrected chi connectivity index (χ1v) is 19.7. The van der Waals surface area contributed by atoms with Crippen LogP contribution in [0.15, 0.2) is 212 Å². The highest BCUT2D eigenvalue weighted by molar-refractivity contribution is 7.25. The highest BCUT2D eigenvalue weighted by Gasteiger charge is 2.22. The normalized spacial score (nSPS) is 18.0. The van der Waals surface area contributed by atoms with E-state index in [0.29, 0.717) is 4.70 Å². The standard InChI is InChI=1S/C57H35N5S/c1-4-14-36(15-5-1)39-24-28-44-43-20-10-12-22-49(43)61(50(44)32-39)56-58-55(42-27-31-48-47-21-11-13-23-53(47)63-54(48)35-42)59-57(60-56)62-51-33-40(37-16-6-2-7-17-37)25-29-45(51)46-30-26-41(34-52(46)62)38-18-8-3-9-19-38/h1-35H/i1D,2D,3D,4D,5D,6D,7D,8D,9D,10D,12D,14D,15D,16D,17D,18D,19D,20D,22D,24D,25D,26D,28D,29D,30D,32D,33D,34D. The van der Waals surface area contributed by atoms with Crippen LogP contribution in [-0.2, 0) is 0 Å². The van der Waals surface area contributed by atoms with Gasteiger partial charge >= 0.3 is 0 Å². The van der Waals surface area contributed by atoms with Gasteiger partial charge < -0.3 is 0 Å². The predicted molar refractivity (Wildman–Crippen MR) is 263 cm³/mol. The minimum atomic E-state index is -0.951. The van der Waals surface area contributed by atoms with E-state index in [-0.39, 0.29) is 11.4 Å². The van der Waals surface area contributed by atoms with E-state index in [1.165, 1.54) is 11.3 Å². The number of rotatable bonds is 6. The minimum Gasteiger partial charge on any atom is -0.278 e. The molecule has 13 aromatic rings. The summed E-state index contributed by atoms with van der Waals surface area (Å²) in [4.78, 5) is 14.7. The van der Waals surface area contributed by atoms with Crippen LogP contribution in [0.2, 0.25) is 0 Å². The van der Waals surface area contributed by atoms with E-state index in [1.807, 2.05) is 24.3 Å². The van der Waals surface area contributed by atoms with E-state index >= 15 is 0 Å². The summed E-state index contributed by atoms with van der Waals surface area (Å²) in [6.45, 7) is 0. The van der Waals surface area contributed by atoms with Gasteiger partial charge in [0.25, 0.3) is 0 Å². The summed E-state index contributed by atoms with van der Waals surface area (Å²) >= 11 is 1.35. The average molecular weight is 850 g/mol. The van der Waals surface area contributed by atoms with Gasteiger partial charge in [0, 0.05) is 47.3 Å². The molecule has 0 radical (unpaired) electrons. The van der Waals surface area contributed by atoms with Crippen LogP contribution in [0.3, 0.4) is 0 Å². The molecule has 5 nitrogen and oxygen atoms in total. The predicted octanol–water partition coefficient (Wildman–Crippen LogP) is 15.1. The summed E-state index contributed by atoms with van der Waals surface area (Å²) in [5.74, 6) is -1.93. The number of aromatic nitrogens is 5. The highest BCUT2D eigenvalue weighted by Crippen LogP contribution is 2.40. The summed E-state index contributed by atoms with van der Waals surface area (Å²) in [6, 6.07) is -12.8. The van der Waals surface area contributed by atoms with E-state index in [4.69, 9.17) is 38.3 Å². The van der Waals surface area contributed by atoms with Crippen molar-refractivity contribution in [3.8, 4) is 56.7 Å². The molecule has 63 heavy (non-hydrogen) atoms. The molecule has 0 saturated carbocycles. The van der Waals surface area contributed by atoms with Gasteiger partial charge in [0.2, 0.25) is 11.9 Å². The largest absolute Gasteiger partial charge is 0.278 e. The molecule has 13 rings (SSSR count). The van der Waals surface area contributed by atoms with Crippen molar-refractivity contribution >= 4 is 75.1 Å². The molecule has 0 fully saturated rings. The molecule has 0 aliphatic rings. The SMILES string of the molecule is [2H]c1c([2H])c([2H])c(-c2c([2H])c([2H])c3c4c([2H])c([2H])c([2H])c([2H])c4n(-c4nc(-c5ccc6c(c5)sc5ccccc56)nc(-n5c6c([2H])c(-c7c([2H])c([2H])c([2H])c([2H])c7[2H])c([2H])c([2H])c6c6c([2H])c([2H])c(-c7c([2H])c([2H])c([2H])c([2H])c7[2H])c([2H])c65)n4)c3c2[2H])c([2H])c1[2H]. The second-order valence-corrected chi connectivity index (χ2v) is 15.0. The summed E-state index contributed by atoms with van der Waals surface area (Å²) in [7, 11) is 0. The smallest absolute Gasteiger partial charge is 0.240 e. The van der Waals surface area contributed by atoms with Crippen molar-refractivity contribution in [3.63, 3.8) is 0 Å². The third kappa shape index (κ3) is 5.80. The molecule has 294 valence electrons. The van der Waals surface area contributed by atoms with E-state index in [2.05, 4.69) is 0 Å². The van der Waals surface area contributed by atoms with E-state index < -0.39 is 258 Å². The van der Waals surface area contributed by atoms with Crippen molar-refractivity contribution in [1.29, 1.82) is 0 Å². The van der Waals surface area contributed by atoms with Crippen LogP contribution in [0.5, 0.6) is 0 Å². The van der Waals surface area contributed by atoms with Gasteiger partial charge in [-0.3, -0.25) is 9.13 Å². The average Bonchev–Trinajstić information content (AvgIpc) is 1.57. The number of hydrogen-bond donors (Lipinski definition) is 0. The third-order valence-corrected chi connectivity index (χ3v) is 11.5. The van der Waals surface area contributed by atoms with Crippen LogP contribution >= 0.6 is 11.3 Å². The zero-order chi connectivity index (χ0) is 65.8. The molecular formula is C57H35N5S. The second kappa shape index (κ2) is 14.2. The molecule has 0 N–H and O–H groups in total. The Balaban J connectivity index is 1.30. The summed E-state index contributed by atoms with van der Waals surface area (Å²) in [5, 5.41) is -0.568. The molecule has 0 unspecified atom stereocenters. The van der Waals surface area contributed by atoms with Gasteiger partial charge in [-0.25, -0.2) is 0 Å². The maximum Gasteiger partial charge on any atom is 0.240 e. The lowest BCUT2D eigenvalue weighted by molar-refractivity contribution is 0.893. The van der Waals surface area contributed by atoms with Gasteiger partial charge in [-0.1, -0.05) is 175 Å². The maximum absolute atomic E-state index is 10.2. The molecule has 4 aromatic heterocycles. The number of thiophene rings is 1. The number of benzene rings is 9. The van der Waals surface area contributed by atoms with E-state index in [1.54, 1.807) is 18.2 Å². The highest BCUT2D eigenvalue weighted by atomic mass is 32.1. The van der Waals surface area contributed by atoms with E-state index in [9.17, 15) is 15.1 Å². The van der Waals surface area contributed by atoms with E-state index in [0.717, 1.165) is 24.6 Å². The molecule has 0 saturated heterocycles. The molecule has 4 heterocycles. The van der Waals surface area contributed by atoms with Crippen molar-refractivity contribution in [1.82, 2.24) is 24.1 Å². The number of hydrogen-bond acceptors (Lipinski definition) is 4. The van der Waals surface area contributed by atoms with Crippen molar-refractivity contribution in [2.45, 2.75) is 0 Å². The lowest BCUT2D eigenvalue weighted by Crippen LogP contribution is -2.10. The van der Waals surface area contributed by atoms with Crippen LogP contribution in [0.1, 0.15) is 38.4 Å². The monoisotopic (exact) mass is 849 g/mol. The first kappa shape index (κ1) is 17.7. The Kier molecular flexibility index (Phi) is 3.98. The molecule has 9 aromatic carbocycles. The van der Waals surface area contributed by atoms with Crippen LogP contribution in [0.4, 0.5) is 0 Å². The zero-order valence-electron chi connectivity index (χ0n) is 59.7. The van der Waals surface area contributed by atoms with Gasteiger partial charge in [0.15, 0.2) is 5.82 Å². The Bertz CT molecular complexity index is 5370. The number of para-hydroxylation sites is 1. The van der Waals surface area contributed by atoms with Crippen LogP contribution in [-0.4, -0.2) is 24.1 Å². The minimum absolute atomic E-state index is 0.133. The third-order valence-electron chi connectivity index (χ3n) is 10.3. The van der Waals surface area contributed by atoms with Crippen molar-refractivity contribution in [3.05, 3.63) is 212 Å². The fraction of sp³-hybridized carbons (Fsp3) is 0. The van der Waals surface area contributed by atoms with Crippen molar-refractivity contribution in [2.24, 2.45) is 0 Å². The van der Waals surface area contributed by atoms with Crippen molar-refractivity contribution < 1.29 is 38.4 Å². The summed E-state index contributed by atoms with van der Waals surface area (Å²) in [5.41, 5.74) is -6.88. The molecular weight excluding hydrogens is 787 g/mol. The van der Waals surface area contributed by atoms with Gasteiger partial charge in [-0.15, -0.1) is 11.3 Å². The fourth-order valence-corrected chi connectivity index (χ4v) is 8.71. The molecule has 0 spiro atoms. The maximum atomic E-state index is 10.2. The van der Waals surface area contributed by atoms with Gasteiger partial charge in [0.1, 0.15) is 0 Å². The molecule has 0 amide bonds. The Morgan fingerprint density at radius 2 is 0.810 bits per heavy atom. The second-order valence-electron chi connectivity index (χ2n) is 13.9. The zero-order valence-corrected chi connectivity index (χ0v) is 32.5. The Morgan fingerprint density at radius 3 is 1.37 bits per heavy atom. The fourth-order valence-electron chi connectivity index (χ4n) is 7.56. The van der Waals surface area contributed by atoms with Crippen LogP contribution in [0.25, 0.3) is 120 Å². The molecule has 0 aliphatic carbocycles. The quantitative estimate of drug-likeness (QED) is 0.167. The first-order chi connectivity index (χ1) is 42.9. The Labute approximate surface area is 405 Å². The lowest BCUT2D eigenvalue weighted by Gasteiger charge is -2.13. The Morgan fingerprint density at radius 1 is 0.349 bits per heavy atom. The van der Waals surface area contributed by atoms with Gasteiger partial charge in [-0.05, 0) is 69.7 Å². The molecule has 0 aliphatic heterocycles. The summed E-state index contributed by atoms with van der Waals surface area (Å²) in [6.07, 6.45) is 0.